The highest BCUT2D eigenvalue weighted by Gasteiger charge is 2.40. The van der Waals surface area contributed by atoms with Crippen LogP contribution >= 0.6 is 0 Å². The van der Waals surface area contributed by atoms with E-state index in [0.717, 1.165) is 48.1 Å². The second kappa shape index (κ2) is 8.22. The molecule has 1 N–H and O–H groups in total. The van der Waals surface area contributed by atoms with Gasteiger partial charge in [0.1, 0.15) is 17.6 Å². The molecule has 1 atom stereocenters. The minimum Gasteiger partial charge on any atom is -0.341 e. The van der Waals surface area contributed by atoms with Gasteiger partial charge >= 0.3 is 0 Å². The molecule has 0 spiro atoms. The number of imidazole rings is 1. The van der Waals surface area contributed by atoms with E-state index in [1.165, 1.54) is 4.90 Å². The number of aromatic amines is 1. The summed E-state index contributed by atoms with van der Waals surface area (Å²) < 4.78 is 27.2. The van der Waals surface area contributed by atoms with E-state index in [0.29, 0.717) is 26.1 Å². The van der Waals surface area contributed by atoms with E-state index in [4.69, 9.17) is 0 Å². The fourth-order valence-corrected chi connectivity index (χ4v) is 4.52. The number of nitrogens with zero attached hydrogens (tertiary/aromatic N) is 4. The summed E-state index contributed by atoms with van der Waals surface area (Å²) in [6.45, 7) is 2.64. The molecule has 1 unspecified atom stereocenters. The molecule has 2 saturated heterocycles. The molecule has 0 saturated carbocycles. The summed E-state index contributed by atoms with van der Waals surface area (Å²) in [4.78, 5) is 39.1. The standard InChI is InChI=1S/C23H23F2N5O2/c24-15-12-16(25)14-17(13-15)30-9-6-18(22(30)32)21(31)28-7-3-8-29(11-10-28)23-26-19-4-1-2-5-20(19)27-23/h1-2,4-5,12-14,18H,3,6-11H2,(H,26,27). The van der Waals surface area contributed by atoms with E-state index < -0.39 is 23.5 Å². The Balaban J connectivity index is 1.26. The van der Waals surface area contributed by atoms with Crippen LogP contribution in [-0.4, -0.2) is 59.4 Å². The summed E-state index contributed by atoms with van der Waals surface area (Å²) >= 11 is 0. The number of aromatic nitrogens is 2. The van der Waals surface area contributed by atoms with E-state index in [1.807, 2.05) is 24.3 Å². The summed E-state index contributed by atoms with van der Waals surface area (Å²) in [6, 6.07) is 10.8. The van der Waals surface area contributed by atoms with Crippen molar-refractivity contribution in [3.8, 4) is 0 Å². The number of rotatable bonds is 3. The van der Waals surface area contributed by atoms with Crippen LogP contribution < -0.4 is 9.80 Å². The van der Waals surface area contributed by atoms with Gasteiger partial charge in [0, 0.05) is 44.5 Å². The molecule has 9 heteroatoms. The number of nitrogens with one attached hydrogen (secondary N) is 1. The van der Waals surface area contributed by atoms with Crippen molar-refractivity contribution in [2.75, 3.05) is 42.5 Å². The highest BCUT2D eigenvalue weighted by Crippen LogP contribution is 2.28. The number of carbonyl (C=O) groups is 2. The minimum absolute atomic E-state index is 0.148. The number of hydrogen-bond donors (Lipinski definition) is 1. The smallest absolute Gasteiger partial charge is 0.239 e. The zero-order valence-electron chi connectivity index (χ0n) is 17.4. The minimum atomic E-state index is -0.820. The van der Waals surface area contributed by atoms with E-state index in [2.05, 4.69) is 14.9 Å². The summed E-state index contributed by atoms with van der Waals surface area (Å²) in [5, 5.41) is 0. The quantitative estimate of drug-likeness (QED) is 0.637. The number of hydrogen-bond acceptors (Lipinski definition) is 4. The van der Waals surface area contributed by atoms with Gasteiger partial charge in [-0.15, -0.1) is 0 Å². The van der Waals surface area contributed by atoms with Gasteiger partial charge in [0.25, 0.3) is 0 Å². The van der Waals surface area contributed by atoms with Gasteiger partial charge < -0.3 is 19.7 Å². The Morgan fingerprint density at radius 3 is 2.56 bits per heavy atom. The van der Waals surface area contributed by atoms with Gasteiger partial charge in [-0.1, -0.05) is 12.1 Å². The molecule has 7 nitrogen and oxygen atoms in total. The van der Waals surface area contributed by atoms with Crippen LogP contribution in [0.1, 0.15) is 12.8 Å². The number of H-pyrrole nitrogens is 1. The molecule has 3 heterocycles. The molecule has 2 aliphatic heterocycles. The van der Waals surface area contributed by atoms with Gasteiger partial charge in [-0.05, 0) is 37.1 Å². The van der Waals surface area contributed by atoms with Gasteiger partial charge in [-0.3, -0.25) is 9.59 Å². The molecular formula is C23H23F2N5O2. The maximum absolute atomic E-state index is 13.6. The number of benzene rings is 2. The van der Waals surface area contributed by atoms with Crippen LogP contribution in [0.4, 0.5) is 20.4 Å². The van der Waals surface area contributed by atoms with Crippen molar-refractivity contribution in [2.24, 2.45) is 5.92 Å². The Labute approximate surface area is 183 Å². The Bertz CT molecular complexity index is 1130. The number of fused-ring (bicyclic) bond motifs is 1. The van der Waals surface area contributed by atoms with Crippen LogP contribution in [0, 0.1) is 17.6 Å². The molecule has 166 valence electrons. The van der Waals surface area contributed by atoms with Crippen molar-refractivity contribution < 1.29 is 18.4 Å². The number of carbonyl (C=O) groups excluding carboxylic acids is 2. The number of amides is 2. The topological polar surface area (TPSA) is 72.5 Å². The Morgan fingerprint density at radius 2 is 1.78 bits per heavy atom. The lowest BCUT2D eigenvalue weighted by Crippen LogP contribution is -2.42. The third-order valence-corrected chi connectivity index (χ3v) is 6.15. The zero-order chi connectivity index (χ0) is 22.2. The van der Waals surface area contributed by atoms with Gasteiger partial charge in [0.2, 0.25) is 17.8 Å². The summed E-state index contributed by atoms with van der Waals surface area (Å²) in [6.07, 6.45) is 1.09. The first kappa shape index (κ1) is 20.4. The summed E-state index contributed by atoms with van der Waals surface area (Å²) in [5.74, 6) is -2.17. The van der Waals surface area contributed by atoms with Crippen molar-refractivity contribution in [3.05, 3.63) is 54.1 Å². The molecule has 2 aliphatic rings. The fraction of sp³-hybridized carbons (Fsp3) is 0.348. The van der Waals surface area contributed by atoms with Crippen LogP contribution in [0.2, 0.25) is 0 Å². The third-order valence-electron chi connectivity index (χ3n) is 6.15. The molecule has 2 aromatic carbocycles. The average Bonchev–Trinajstić information content (AvgIpc) is 3.28. The van der Waals surface area contributed by atoms with Crippen LogP contribution in [0.5, 0.6) is 0 Å². The lowest BCUT2D eigenvalue weighted by molar-refractivity contribution is -0.139. The SMILES string of the molecule is O=C(C1CCN(c2cc(F)cc(F)c2)C1=O)N1CCCN(c2nc3ccccc3[nH]2)CC1. The van der Waals surface area contributed by atoms with Crippen molar-refractivity contribution in [2.45, 2.75) is 12.8 Å². The highest BCUT2D eigenvalue weighted by atomic mass is 19.1. The third kappa shape index (κ3) is 3.79. The molecule has 0 aliphatic carbocycles. The molecule has 32 heavy (non-hydrogen) atoms. The van der Waals surface area contributed by atoms with Crippen LogP contribution in [0.15, 0.2) is 42.5 Å². The lowest BCUT2D eigenvalue weighted by atomic mass is 10.1. The molecular weight excluding hydrogens is 416 g/mol. The molecule has 0 radical (unpaired) electrons. The highest BCUT2D eigenvalue weighted by molar-refractivity contribution is 6.09. The van der Waals surface area contributed by atoms with Gasteiger partial charge in [-0.25, -0.2) is 13.8 Å². The van der Waals surface area contributed by atoms with Crippen molar-refractivity contribution in [1.82, 2.24) is 14.9 Å². The number of halogens is 2. The van der Waals surface area contributed by atoms with E-state index in [-0.39, 0.29) is 18.1 Å². The second-order valence-corrected chi connectivity index (χ2v) is 8.20. The molecule has 5 rings (SSSR count). The van der Waals surface area contributed by atoms with Gasteiger partial charge in [-0.2, -0.15) is 0 Å². The molecule has 3 aromatic rings. The van der Waals surface area contributed by atoms with Crippen LogP contribution in [0.25, 0.3) is 11.0 Å². The van der Waals surface area contributed by atoms with Crippen molar-refractivity contribution in [3.63, 3.8) is 0 Å². The summed E-state index contributed by atoms with van der Waals surface area (Å²) in [7, 11) is 0. The first-order chi connectivity index (χ1) is 15.5. The Kier molecular flexibility index (Phi) is 5.24. The molecule has 1 aromatic heterocycles. The maximum atomic E-state index is 13.6. The zero-order valence-corrected chi connectivity index (χ0v) is 17.4. The summed E-state index contributed by atoms with van der Waals surface area (Å²) in [5.41, 5.74) is 2.00. The largest absolute Gasteiger partial charge is 0.341 e. The van der Waals surface area contributed by atoms with E-state index >= 15 is 0 Å². The average molecular weight is 439 g/mol. The monoisotopic (exact) mass is 439 g/mol. The van der Waals surface area contributed by atoms with E-state index in [1.54, 1.807) is 4.90 Å². The fourth-order valence-electron chi connectivity index (χ4n) is 4.52. The Morgan fingerprint density at radius 1 is 1.00 bits per heavy atom. The lowest BCUT2D eigenvalue weighted by Gasteiger charge is -2.24. The first-order valence-corrected chi connectivity index (χ1v) is 10.8. The molecule has 2 amide bonds. The predicted octanol–water partition coefficient (Wildman–Crippen LogP) is 2.93. The van der Waals surface area contributed by atoms with Crippen molar-refractivity contribution >= 4 is 34.5 Å². The normalized spacial score (nSPS) is 19.6. The number of anilines is 2. The molecule has 0 bridgehead atoms. The van der Waals surface area contributed by atoms with Crippen molar-refractivity contribution in [1.29, 1.82) is 0 Å². The van der Waals surface area contributed by atoms with E-state index in [9.17, 15) is 18.4 Å². The number of para-hydroxylation sites is 2. The van der Waals surface area contributed by atoms with Crippen LogP contribution in [0.3, 0.4) is 0 Å². The first-order valence-electron chi connectivity index (χ1n) is 10.8. The van der Waals surface area contributed by atoms with Gasteiger partial charge in [0.05, 0.1) is 11.0 Å². The molecule has 2 fully saturated rings. The predicted molar refractivity (Wildman–Crippen MR) is 116 cm³/mol. The second-order valence-electron chi connectivity index (χ2n) is 8.20. The van der Waals surface area contributed by atoms with Crippen LogP contribution in [-0.2, 0) is 9.59 Å². The van der Waals surface area contributed by atoms with Gasteiger partial charge in [0.15, 0.2) is 0 Å². The maximum Gasteiger partial charge on any atom is 0.239 e. The Hall–Kier alpha value is -3.49.